The van der Waals surface area contributed by atoms with E-state index < -0.39 is 21.5 Å². The fraction of sp³-hybridized carbons (Fsp3) is 0.440. The Bertz CT molecular complexity index is 1270. The summed E-state index contributed by atoms with van der Waals surface area (Å²) in [6.45, 7) is 6.71. The molecular formula is C25H31N3O6S2. The quantitative estimate of drug-likeness (QED) is 0.371. The topological polar surface area (TPSA) is 98.3 Å². The van der Waals surface area contributed by atoms with E-state index in [0.717, 1.165) is 35.6 Å². The number of rotatable bonds is 11. The van der Waals surface area contributed by atoms with Gasteiger partial charge in [0.05, 0.1) is 42.0 Å². The van der Waals surface area contributed by atoms with Crippen LogP contribution in [0.5, 0.6) is 11.5 Å². The number of nitrogens with zero attached hydrogens (tertiary/aromatic N) is 3. The highest BCUT2D eigenvalue weighted by Gasteiger charge is 2.27. The zero-order chi connectivity index (χ0) is 25.5. The number of benzene rings is 2. The molecule has 0 unspecified atom stereocenters. The van der Waals surface area contributed by atoms with Crippen molar-refractivity contribution in [1.82, 2.24) is 9.88 Å². The van der Waals surface area contributed by atoms with Crippen LogP contribution in [0.1, 0.15) is 13.3 Å². The van der Waals surface area contributed by atoms with Gasteiger partial charge in [-0.25, -0.2) is 13.4 Å². The number of aromatic nitrogens is 1. The Kier molecular flexibility index (Phi) is 8.78. The number of fused-ring (bicyclic) bond motifs is 1. The first-order valence-electron chi connectivity index (χ1n) is 11.9. The largest absolute Gasteiger partial charge is 0.497 e. The van der Waals surface area contributed by atoms with Crippen LogP contribution in [-0.2, 0) is 19.4 Å². The third kappa shape index (κ3) is 6.52. The Labute approximate surface area is 215 Å². The predicted octanol–water partition coefficient (Wildman–Crippen LogP) is 3.23. The Morgan fingerprint density at radius 3 is 2.56 bits per heavy atom. The molecule has 1 aliphatic heterocycles. The van der Waals surface area contributed by atoms with Crippen molar-refractivity contribution in [2.24, 2.45) is 0 Å². The van der Waals surface area contributed by atoms with Crippen molar-refractivity contribution in [3.8, 4) is 11.5 Å². The SMILES string of the molecule is CCOc1ccc2nc(N(CCCN3CCOCC3)C(=O)CS(=O)(=O)c3ccc(OC)cc3)sc2c1. The molecule has 1 fully saturated rings. The molecular weight excluding hydrogens is 502 g/mol. The molecule has 4 rings (SSSR count). The van der Waals surface area contributed by atoms with Crippen molar-refractivity contribution >= 4 is 42.4 Å². The molecule has 1 aliphatic rings. The van der Waals surface area contributed by atoms with Crippen molar-refractivity contribution in [3.63, 3.8) is 0 Å². The standard InChI is InChI=1S/C25H31N3O6S2/c1-3-34-20-7-10-22-23(17-20)35-25(26-22)28(12-4-11-27-13-15-33-16-14-27)24(29)18-36(30,31)21-8-5-19(32-2)6-9-21/h5-10,17H,3-4,11-16,18H2,1-2H3. The minimum Gasteiger partial charge on any atom is -0.497 e. The number of amides is 1. The number of anilines is 1. The molecule has 3 aromatic rings. The predicted molar refractivity (Wildman–Crippen MR) is 140 cm³/mol. The number of hydrogen-bond acceptors (Lipinski definition) is 9. The van der Waals surface area contributed by atoms with Crippen LogP contribution in [0.25, 0.3) is 10.2 Å². The highest BCUT2D eigenvalue weighted by atomic mass is 32.2. The van der Waals surface area contributed by atoms with E-state index in [9.17, 15) is 13.2 Å². The van der Waals surface area contributed by atoms with Gasteiger partial charge < -0.3 is 14.2 Å². The van der Waals surface area contributed by atoms with E-state index in [-0.39, 0.29) is 4.90 Å². The summed E-state index contributed by atoms with van der Waals surface area (Å²) < 4.78 is 43.1. The Hall–Kier alpha value is -2.73. The summed E-state index contributed by atoms with van der Waals surface area (Å²) >= 11 is 1.36. The molecule has 0 spiro atoms. The van der Waals surface area contributed by atoms with Gasteiger partial charge in [0.25, 0.3) is 0 Å². The number of morpholine rings is 1. The lowest BCUT2D eigenvalue weighted by atomic mass is 10.3. The maximum atomic E-state index is 13.4. The molecule has 9 nitrogen and oxygen atoms in total. The summed E-state index contributed by atoms with van der Waals surface area (Å²) in [6, 6.07) is 11.6. The lowest BCUT2D eigenvalue weighted by Crippen LogP contribution is -2.40. The van der Waals surface area contributed by atoms with Crippen molar-refractivity contribution in [1.29, 1.82) is 0 Å². The van der Waals surface area contributed by atoms with E-state index in [0.29, 0.717) is 43.7 Å². The number of thiazole rings is 1. The van der Waals surface area contributed by atoms with E-state index in [1.165, 1.54) is 35.5 Å². The van der Waals surface area contributed by atoms with Crippen LogP contribution < -0.4 is 14.4 Å². The van der Waals surface area contributed by atoms with Crippen LogP contribution in [0.2, 0.25) is 0 Å². The van der Waals surface area contributed by atoms with Gasteiger partial charge in [0.15, 0.2) is 15.0 Å². The summed E-state index contributed by atoms with van der Waals surface area (Å²) in [7, 11) is -2.33. The molecule has 194 valence electrons. The highest BCUT2D eigenvalue weighted by Crippen LogP contribution is 2.32. The molecule has 0 radical (unpaired) electrons. The number of carbonyl (C=O) groups excluding carboxylic acids is 1. The van der Waals surface area contributed by atoms with E-state index in [1.54, 1.807) is 12.1 Å². The smallest absolute Gasteiger partial charge is 0.244 e. The molecule has 1 amide bonds. The van der Waals surface area contributed by atoms with Crippen LogP contribution >= 0.6 is 11.3 Å². The maximum Gasteiger partial charge on any atom is 0.244 e. The molecule has 0 saturated carbocycles. The Balaban J connectivity index is 1.55. The van der Waals surface area contributed by atoms with E-state index >= 15 is 0 Å². The zero-order valence-corrected chi connectivity index (χ0v) is 22.1. The highest BCUT2D eigenvalue weighted by molar-refractivity contribution is 7.92. The van der Waals surface area contributed by atoms with Gasteiger partial charge in [-0.3, -0.25) is 14.6 Å². The average molecular weight is 534 g/mol. The van der Waals surface area contributed by atoms with Crippen molar-refractivity contribution in [2.45, 2.75) is 18.2 Å². The number of carbonyl (C=O) groups is 1. The van der Waals surface area contributed by atoms with Crippen LogP contribution in [-0.4, -0.2) is 83.1 Å². The Morgan fingerprint density at radius 1 is 1.14 bits per heavy atom. The van der Waals surface area contributed by atoms with Crippen molar-refractivity contribution < 1.29 is 27.4 Å². The van der Waals surface area contributed by atoms with E-state index in [1.807, 2.05) is 25.1 Å². The third-order valence-electron chi connectivity index (χ3n) is 5.88. The second-order valence-electron chi connectivity index (χ2n) is 8.35. The first-order valence-corrected chi connectivity index (χ1v) is 14.4. The normalized spacial score (nSPS) is 14.6. The van der Waals surface area contributed by atoms with Crippen molar-refractivity contribution in [3.05, 3.63) is 42.5 Å². The van der Waals surface area contributed by atoms with E-state index in [2.05, 4.69) is 9.88 Å². The van der Waals surface area contributed by atoms with Gasteiger partial charge in [-0.05, 0) is 55.8 Å². The number of sulfone groups is 1. The van der Waals surface area contributed by atoms with Gasteiger partial charge in [-0.15, -0.1) is 0 Å². The Morgan fingerprint density at radius 2 is 1.86 bits per heavy atom. The van der Waals surface area contributed by atoms with E-state index in [4.69, 9.17) is 14.2 Å². The second-order valence-corrected chi connectivity index (χ2v) is 11.3. The summed E-state index contributed by atoms with van der Waals surface area (Å²) in [5.41, 5.74) is 0.738. The lowest BCUT2D eigenvalue weighted by molar-refractivity contribution is -0.116. The van der Waals surface area contributed by atoms with Crippen LogP contribution in [0, 0.1) is 0 Å². The van der Waals surface area contributed by atoms with Gasteiger partial charge in [0, 0.05) is 26.2 Å². The van der Waals surface area contributed by atoms with Crippen LogP contribution in [0.3, 0.4) is 0 Å². The van der Waals surface area contributed by atoms with Gasteiger partial charge >= 0.3 is 0 Å². The third-order valence-corrected chi connectivity index (χ3v) is 8.54. The van der Waals surface area contributed by atoms with Crippen molar-refractivity contribution in [2.75, 3.05) is 63.8 Å². The monoisotopic (exact) mass is 533 g/mol. The van der Waals surface area contributed by atoms with Gasteiger partial charge in [0.1, 0.15) is 17.3 Å². The summed E-state index contributed by atoms with van der Waals surface area (Å²) in [5.74, 6) is 0.132. The molecule has 1 aromatic heterocycles. The number of ether oxygens (including phenoxy) is 3. The average Bonchev–Trinajstić information content (AvgIpc) is 3.30. The zero-order valence-electron chi connectivity index (χ0n) is 20.5. The minimum atomic E-state index is -3.84. The van der Waals surface area contributed by atoms with Gasteiger partial charge in [-0.2, -0.15) is 0 Å². The molecule has 2 heterocycles. The molecule has 0 N–H and O–H groups in total. The maximum absolute atomic E-state index is 13.4. The van der Waals surface area contributed by atoms with Crippen LogP contribution in [0.15, 0.2) is 47.4 Å². The fourth-order valence-corrected chi connectivity index (χ4v) is 6.21. The van der Waals surface area contributed by atoms with Gasteiger partial charge in [0.2, 0.25) is 5.91 Å². The molecule has 1 saturated heterocycles. The molecule has 2 aromatic carbocycles. The lowest BCUT2D eigenvalue weighted by Gasteiger charge is -2.27. The fourth-order valence-electron chi connectivity index (χ4n) is 3.98. The van der Waals surface area contributed by atoms with Gasteiger partial charge in [-0.1, -0.05) is 11.3 Å². The first kappa shape index (κ1) is 26.3. The minimum absolute atomic E-state index is 0.0792. The molecule has 36 heavy (non-hydrogen) atoms. The number of hydrogen-bond donors (Lipinski definition) is 0. The number of methoxy groups -OCH3 is 1. The first-order chi connectivity index (χ1) is 17.4. The van der Waals surface area contributed by atoms with Crippen LogP contribution in [0.4, 0.5) is 5.13 Å². The molecule has 0 aliphatic carbocycles. The molecule has 0 atom stereocenters. The molecule has 11 heteroatoms. The second kappa shape index (κ2) is 12.0. The summed E-state index contributed by atoms with van der Waals surface area (Å²) in [5, 5.41) is 0.482. The summed E-state index contributed by atoms with van der Waals surface area (Å²) in [6.07, 6.45) is 0.689. The molecule has 0 bridgehead atoms. The summed E-state index contributed by atoms with van der Waals surface area (Å²) in [4.78, 5) is 21.9.